The normalized spacial score (nSPS) is 17.9. The molecule has 0 bridgehead atoms. The number of nitro groups is 2. The first-order valence-electron chi connectivity index (χ1n) is 7.80. The number of nitrogens with zero attached hydrogens (tertiary/aromatic N) is 3. The summed E-state index contributed by atoms with van der Waals surface area (Å²) in [4.78, 5) is 44.8. The fourth-order valence-corrected chi connectivity index (χ4v) is 2.95. The van der Waals surface area contributed by atoms with Crippen LogP contribution in [0.5, 0.6) is 0 Å². The molecule has 1 aromatic carbocycles. The van der Waals surface area contributed by atoms with E-state index in [0.717, 1.165) is 18.2 Å². The minimum atomic E-state index is -0.979. The maximum Gasteiger partial charge on any atom is 0.301 e. The summed E-state index contributed by atoms with van der Waals surface area (Å²) in [6.45, 7) is 5.16. The molecule has 0 radical (unpaired) electrons. The van der Waals surface area contributed by atoms with E-state index in [0.29, 0.717) is 0 Å². The second kappa shape index (κ2) is 6.98. The summed E-state index contributed by atoms with van der Waals surface area (Å²) >= 11 is 0. The highest BCUT2D eigenvalue weighted by Gasteiger charge is 2.41. The van der Waals surface area contributed by atoms with Crippen LogP contribution < -0.4 is 5.43 Å². The molecule has 0 unspecified atom stereocenters. The quantitative estimate of drug-likeness (QED) is 0.367. The van der Waals surface area contributed by atoms with Crippen molar-refractivity contribution in [3.63, 3.8) is 0 Å². The fraction of sp³-hybridized carbons (Fsp3) is 0.438. The molecule has 0 saturated heterocycles. The molecule has 0 atom stereocenters. The number of nitrogens with one attached hydrogen (secondary N) is 1. The van der Waals surface area contributed by atoms with E-state index in [1.165, 1.54) is 6.92 Å². The van der Waals surface area contributed by atoms with Gasteiger partial charge < -0.3 is 0 Å². The number of benzene rings is 1. The monoisotopic (exact) mass is 362 g/mol. The lowest BCUT2D eigenvalue weighted by Crippen LogP contribution is -2.41. The Kier molecular flexibility index (Phi) is 5.15. The average Bonchev–Trinajstić information content (AvgIpc) is 2.50. The van der Waals surface area contributed by atoms with Crippen molar-refractivity contribution in [1.29, 1.82) is 0 Å². The van der Waals surface area contributed by atoms with E-state index in [1.807, 2.05) is 13.8 Å². The Morgan fingerprint density at radius 3 is 2.23 bits per heavy atom. The van der Waals surface area contributed by atoms with Crippen molar-refractivity contribution in [3.05, 3.63) is 38.4 Å². The lowest BCUT2D eigenvalue weighted by atomic mass is 9.70. The van der Waals surface area contributed by atoms with Crippen LogP contribution in [0.4, 0.5) is 17.1 Å². The third-order valence-electron chi connectivity index (χ3n) is 4.11. The molecular weight excluding hydrogens is 344 g/mol. The van der Waals surface area contributed by atoms with Crippen LogP contribution >= 0.6 is 0 Å². The molecule has 0 aliphatic heterocycles. The Morgan fingerprint density at radius 2 is 1.73 bits per heavy atom. The first-order valence-corrected chi connectivity index (χ1v) is 7.80. The van der Waals surface area contributed by atoms with E-state index in [9.17, 15) is 29.8 Å². The Morgan fingerprint density at radius 1 is 1.15 bits per heavy atom. The zero-order valence-electron chi connectivity index (χ0n) is 14.5. The fourth-order valence-electron chi connectivity index (χ4n) is 2.95. The number of hydrogen-bond donors (Lipinski definition) is 1. The number of Topliss-reactive ketones (excluding diaryl/α,β-unsaturated/α-hetero) is 2. The maximum absolute atomic E-state index is 12.3. The van der Waals surface area contributed by atoms with Gasteiger partial charge in [0.2, 0.25) is 0 Å². The van der Waals surface area contributed by atoms with Gasteiger partial charge in [-0.1, -0.05) is 13.8 Å². The average molecular weight is 362 g/mol. The van der Waals surface area contributed by atoms with Crippen molar-refractivity contribution in [3.8, 4) is 0 Å². The van der Waals surface area contributed by atoms with Crippen molar-refractivity contribution in [2.24, 2.45) is 16.4 Å². The Bertz CT molecular complexity index is 810. The second-order valence-electron chi connectivity index (χ2n) is 6.96. The van der Waals surface area contributed by atoms with Gasteiger partial charge in [-0.3, -0.25) is 35.2 Å². The van der Waals surface area contributed by atoms with Gasteiger partial charge in [0.15, 0.2) is 0 Å². The van der Waals surface area contributed by atoms with Crippen molar-refractivity contribution in [1.82, 2.24) is 0 Å². The lowest BCUT2D eigenvalue weighted by Gasteiger charge is -2.31. The molecule has 0 heterocycles. The number of hydrogen-bond acceptors (Lipinski definition) is 8. The van der Waals surface area contributed by atoms with E-state index in [1.54, 1.807) is 0 Å². The maximum atomic E-state index is 12.3. The predicted octanol–water partition coefficient (Wildman–Crippen LogP) is 2.87. The zero-order chi connectivity index (χ0) is 19.6. The number of nitro benzene ring substituents is 2. The summed E-state index contributed by atoms with van der Waals surface area (Å²) < 4.78 is 0. The number of carbonyl (C=O) groups excluding carboxylic acids is 2. The van der Waals surface area contributed by atoms with Crippen LogP contribution in [-0.2, 0) is 9.59 Å². The summed E-state index contributed by atoms with van der Waals surface area (Å²) in [5.41, 5.74) is 1.21. The highest BCUT2D eigenvalue weighted by Crippen LogP contribution is 2.34. The molecule has 1 aliphatic rings. The van der Waals surface area contributed by atoms with Gasteiger partial charge in [0.05, 0.1) is 21.6 Å². The smallest absolute Gasteiger partial charge is 0.298 e. The van der Waals surface area contributed by atoms with Gasteiger partial charge >= 0.3 is 5.69 Å². The van der Waals surface area contributed by atoms with Crippen molar-refractivity contribution in [2.45, 2.75) is 33.6 Å². The van der Waals surface area contributed by atoms with Gasteiger partial charge in [0.25, 0.3) is 5.69 Å². The van der Waals surface area contributed by atoms with Crippen LogP contribution in [0.2, 0.25) is 0 Å². The minimum Gasteiger partial charge on any atom is -0.298 e. The molecule has 1 aromatic rings. The molecule has 26 heavy (non-hydrogen) atoms. The number of rotatable bonds is 5. The number of anilines is 1. The molecule has 10 nitrogen and oxygen atoms in total. The molecule has 1 fully saturated rings. The summed E-state index contributed by atoms with van der Waals surface area (Å²) in [5.74, 6) is -1.47. The van der Waals surface area contributed by atoms with Gasteiger partial charge in [-0.15, -0.1) is 0 Å². The lowest BCUT2D eigenvalue weighted by molar-refractivity contribution is -0.393. The molecule has 0 aromatic heterocycles. The predicted molar refractivity (Wildman–Crippen MR) is 93.0 cm³/mol. The van der Waals surface area contributed by atoms with Crippen molar-refractivity contribution < 1.29 is 19.4 Å². The van der Waals surface area contributed by atoms with Crippen LogP contribution in [-0.4, -0.2) is 27.1 Å². The number of hydrazone groups is 1. The van der Waals surface area contributed by atoms with Crippen molar-refractivity contribution in [2.75, 3.05) is 5.43 Å². The number of carbonyl (C=O) groups is 2. The molecular formula is C16H18N4O6. The summed E-state index contributed by atoms with van der Waals surface area (Å²) in [6, 6.07) is 3.06. The van der Waals surface area contributed by atoms with Crippen molar-refractivity contribution >= 4 is 34.3 Å². The van der Waals surface area contributed by atoms with Gasteiger partial charge in [-0.25, -0.2) is 0 Å². The van der Waals surface area contributed by atoms with E-state index < -0.39 is 32.6 Å². The first kappa shape index (κ1) is 19.2. The Hall–Kier alpha value is -3.17. The van der Waals surface area contributed by atoms with Gasteiger partial charge in [0.1, 0.15) is 23.2 Å². The highest BCUT2D eigenvalue weighted by atomic mass is 16.6. The largest absolute Gasteiger partial charge is 0.301 e. The van der Waals surface area contributed by atoms with E-state index >= 15 is 0 Å². The van der Waals surface area contributed by atoms with Gasteiger partial charge in [0, 0.05) is 18.9 Å². The van der Waals surface area contributed by atoms with Crippen LogP contribution in [0.25, 0.3) is 0 Å². The van der Waals surface area contributed by atoms with Gasteiger partial charge in [-0.2, -0.15) is 5.10 Å². The summed E-state index contributed by atoms with van der Waals surface area (Å²) in [7, 11) is 0. The van der Waals surface area contributed by atoms with Crippen LogP contribution in [0.3, 0.4) is 0 Å². The molecule has 1 aliphatic carbocycles. The Labute approximate surface area is 148 Å². The SMILES string of the molecule is CC(=NNc1ccc([N+](=O)[O-])cc1[N+](=O)[O-])C1C(=O)CC(C)(C)CC1=O. The summed E-state index contributed by atoms with van der Waals surface area (Å²) in [6.07, 6.45) is 0.488. The van der Waals surface area contributed by atoms with Crippen LogP contribution in [0.1, 0.15) is 33.6 Å². The molecule has 1 saturated carbocycles. The molecule has 10 heteroatoms. The highest BCUT2D eigenvalue weighted by molar-refractivity contribution is 6.22. The zero-order valence-corrected chi connectivity index (χ0v) is 14.5. The molecule has 1 N–H and O–H groups in total. The standard InChI is InChI=1S/C16H18N4O6/c1-9(15-13(21)7-16(2,3)8-14(15)22)17-18-11-5-4-10(19(23)24)6-12(11)20(25)26/h4-6,15,18H,7-8H2,1-3H3. The number of ketones is 2. The van der Waals surface area contributed by atoms with Crippen LogP contribution in [0.15, 0.2) is 23.3 Å². The first-order chi connectivity index (χ1) is 12.0. The third kappa shape index (κ3) is 4.08. The molecule has 2 rings (SSSR count). The summed E-state index contributed by atoms with van der Waals surface area (Å²) in [5, 5.41) is 25.8. The van der Waals surface area contributed by atoms with E-state index in [-0.39, 0.29) is 35.8 Å². The molecule has 0 amide bonds. The molecule has 0 spiro atoms. The minimum absolute atomic E-state index is 0.0732. The topological polar surface area (TPSA) is 145 Å². The number of non-ortho nitro benzene ring substituents is 1. The van der Waals surface area contributed by atoms with E-state index in [2.05, 4.69) is 10.5 Å². The third-order valence-corrected chi connectivity index (χ3v) is 4.11. The molecule has 138 valence electrons. The second-order valence-corrected chi connectivity index (χ2v) is 6.96. The van der Waals surface area contributed by atoms with Gasteiger partial charge in [-0.05, 0) is 18.4 Å². The Balaban J connectivity index is 2.26. The van der Waals surface area contributed by atoms with Crippen LogP contribution in [0, 0.1) is 31.6 Å². The van der Waals surface area contributed by atoms with E-state index in [4.69, 9.17) is 0 Å².